The van der Waals surface area contributed by atoms with Crippen LogP contribution in [0.2, 0.25) is 5.02 Å². The van der Waals surface area contributed by atoms with Gasteiger partial charge in [-0.05, 0) is 18.9 Å². The summed E-state index contributed by atoms with van der Waals surface area (Å²) in [5, 5.41) is 21.5. The third-order valence-electron chi connectivity index (χ3n) is 3.62. The Morgan fingerprint density at radius 2 is 2.26 bits per heavy atom. The van der Waals surface area contributed by atoms with E-state index in [1.165, 1.54) is 12.3 Å². The van der Waals surface area contributed by atoms with Gasteiger partial charge in [-0.15, -0.1) is 0 Å². The minimum atomic E-state index is -0.787. The number of nitrogens with one attached hydrogen (secondary N) is 1. The van der Waals surface area contributed by atoms with Gasteiger partial charge in [0.05, 0.1) is 11.0 Å². The van der Waals surface area contributed by atoms with Gasteiger partial charge in [0.15, 0.2) is 0 Å². The highest BCUT2D eigenvalue weighted by molar-refractivity contribution is 6.34. The number of carbonyl (C=O) groups is 1. The molecule has 0 unspecified atom stereocenters. The van der Waals surface area contributed by atoms with Crippen LogP contribution in [0.5, 0.6) is 0 Å². The van der Waals surface area contributed by atoms with Crippen LogP contribution in [0.1, 0.15) is 31.2 Å². The standard InChI is InChI=1S/C13H14ClN3O2/c14-10-9(7-15)3-6-16-11(10)17-8-13(12(18)19)4-1-2-5-13/h3,6H,1-2,4-5,8H2,(H,16,17)(H,18,19). The second-order valence-corrected chi connectivity index (χ2v) is 5.16. The molecule has 19 heavy (non-hydrogen) atoms. The van der Waals surface area contributed by atoms with Gasteiger partial charge in [0, 0.05) is 12.7 Å². The number of carboxylic acid groups (broad SMARTS) is 1. The molecule has 0 bridgehead atoms. The highest BCUT2D eigenvalue weighted by atomic mass is 35.5. The van der Waals surface area contributed by atoms with Crippen LogP contribution in [0.25, 0.3) is 0 Å². The molecule has 1 aliphatic carbocycles. The Hall–Kier alpha value is -1.80. The Kier molecular flexibility index (Phi) is 3.91. The number of aliphatic carboxylic acids is 1. The number of nitriles is 1. The number of hydrogen-bond donors (Lipinski definition) is 2. The normalized spacial score (nSPS) is 16.8. The molecule has 1 saturated carbocycles. The molecule has 1 fully saturated rings. The number of aromatic nitrogens is 1. The summed E-state index contributed by atoms with van der Waals surface area (Å²) >= 11 is 6.02. The molecular formula is C13H14ClN3O2. The van der Waals surface area contributed by atoms with E-state index in [4.69, 9.17) is 16.9 Å². The van der Waals surface area contributed by atoms with E-state index in [1.807, 2.05) is 6.07 Å². The van der Waals surface area contributed by atoms with Crippen molar-refractivity contribution >= 4 is 23.4 Å². The Labute approximate surface area is 116 Å². The van der Waals surface area contributed by atoms with Crippen molar-refractivity contribution in [2.75, 3.05) is 11.9 Å². The van der Waals surface area contributed by atoms with Gasteiger partial charge in [-0.1, -0.05) is 24.4 Å². The average Bonchev–Trinajstić information content (AvgIpc) is 2.88. The van der Waals surface area contributed by atoms with Gasteiger partial charge in [-0.3, -0.25) is 4.79 Å². The molecule has 6 heteroatoms. The molecule has 100 valence electrons. The highest BCUT2D eigenvalue weighted by Gasteiger charge is 2.41. The molecule has 0 aliphatic heterocycles. The maximum atomic E-state index is 11.4. The van der Waals surface area contributed by atoms with E-state index in [9.17, 15) is 9.90 Å². The van der Waals surface area contributed by atoms with Crippen molar-refractivity contribution < 1.29 is 9.90 Å². The van der Waals surface area contributed by atoms with Gasteiger partial charge in [0.1, 0.15) is 16.9 Å². The summed E-state index contributed by atoms with van der Waals surface area (Å²) in [4.78, 5) is 15.5. The second kappa shape index (κ2) is 5.45. The van der Waals surface area contributed by atoms with Crippen LogP contribution in [0.4, 0.5) is 5.82 Å². The quantitative estimate of drug-likeness (QED) is 0.885. The highest BCUT2D eigenvalue weighted by Crippen LogP contribution is 2.38. The molecule has 1 aliphatic rings. The molecule has 0 aromatic carbocycles. The lowest BCUT2D eigenvalue weighted by Gasteiger charge is -2.24. The van der Waals surface area contributed by atoms with Crippen molar-refractivity contribution in [2.24, 2.45) is 5.41 Å². The number of pyridine rings is 1. The van der Waals surface area contributed by atoms with Gasteiger partial charge < -0.3 is 10.4 Å². The first-order valence-corrected chi connectivity index (χ1v) is 6.49. The maximum Gasteiger partial charge on any atom is 0.311 e. The molecule has 1 aromatic rings. The first kappa shape index (κ1) is 13.6. The Balaban J connectivity index is 2.14. The van der Waals surface area contributed by atoms with Gasteiger partial charge >= 0.3 is 5.97 Å². The molecule has 0 saturated heterocycles. The fourth-order valence-electron chi connectivity index (χ4n) is 2.42. The molecule has 0 amide bonds. The predicted octanol–water partition coefficient (Wildman–Crippen LogP) is 2.66. The number of nitrogens with zero attached hydrogens (tertiary/aromatic N) is 2. The topological polar surface area (TPSA) is 86.0 Å². The van der Waals surface area contributed by atoms with E-state index in [0.29, 0.717) is 24.2 Å². The predicted molar refractivity (Wildman–Crippen MR) is 71.0 cm³/mol. The average molecular weight is 280 g/mol. The molecular weight excluding hydrogens is 266 g/mol. The van der Waals surface area contributed by atoms with E-state index in [0.717, 1.165) is 12.8 Å². The third-order valence-corrected chi connectivity index (χ3v) is 4.00. The van der Waals surface area contributed by atoms with E-state index < -0.39 is 11.4 Å². The fourth-order valence-corrected chi connectivity index (χ4v) is 2.65. The molecule has 1 aromatic heterocycles. The van der Waals surface area contributed by atoms with E-state index in [-0.39, 0.29) is 11.6 Å². The zero-order chi connectivity index (χ0) is 13.9. The summed E-state index contributed by atoms with van der Waals surface area (Å²) in [5.74, 6) is -0.418. The summed E-state index contributed by atoms with van der Waals surface area (Å²) in [6, 6.07) is 3.49. The largest absolute Gasteiger partial charge is 0.481 e. The summed E-state index contributed by atoms with van der Waals surface area (Å²) in [5.41, 5.74) is -0.414. The van der Waals surface area contributed by atoms with Crippen LogP contribution in [0.15, 0.2) is 12.3 Å². The lowest BCUT2D eigenvalue weighted by molar-refractivity contribution is -0.147. The Morgan fingerprint density at radius 3 is 2.84 bits per heavy atom. The van der Waals surface area contributed by atoms with Crippen LogP contribution in [-0.4, -0.2) is 22.6 Å². The number of anilines is 1. The van der Waals surface area contributed by atoms with Gasteiger partial charge in [-0.25, -0.2) is 4.98 Å². The maximum absolute atomic E-state index is 11.4. The van der Waals surface area contributed by atoms with Crippen LogP contribution in [0, 0.1) is 16.7 Å². The first-order chi connectivity index (χ1) is 9.09. The van der Waals surface area contributed by atoms with Crippen molar-refractivity contribution in [3.05, 3.63) is 22.8 Å². The zero-order valence-electron chi connectivity index (χ0n) is 10.3. The van der Waals surface area contributed by atoms with Crippen molar-refractivity contribution in [1.29, 1.82) is 5.26 Å². The van der Waals surface area contributed by atoms with Gasteiger partial charge in [0.25, 0.3) is 0 Å². The SMILES string of the molecule is N#Cc1ccnc(NCC2(C(=O)O)CCCC2)c1Cl. The van der Waals surface area contributed by atoms with Crippen molar-refractivity contribution in [3.63, 3.8) is 0 Å². The van der Waals surface area contributed by atoms with Crippen LogP contribution in [0.3, 0.4) is 0 Å². The van der Waals surface area contributed by atoms with E-state index in [1.54, 1.807) is 0 Å². The summed E-state index contributed by atoms with van der Waals surface area (Å²) < 4.78 is 0. The third kappa shape index (κ3) is 2.64. The molecule has 0 atom stereocenters. The lowest BCUT2D eigenvalue weighted by atomic mass is 9.86. The minimum absolute atomic E-state index is 0.239. The van der Waals surface area contributed by atoms with Crippen molar-refractivity contribution in [1.82, 2.24) is 4.98 Å². The molecule has 2 N–H and O–H groups in total. The molecule has 1 heterocycles. The first-order valence-electron chi connectivity index (χ1n) is 6.11. The summed E-state index contributed by atoms with van der Waals surface area (Å²) in [7, 11) is 0. The minimum Gasteiger partial charge on any atom is -0.481 e. The molecule has 0 spiro atoms. The van der Waals surface area contributed by atoms with Crippen molar-refractivity contribution in [2.45, 2.75) is 25.7 Å². The lowest BCUT2D eigenvalue weighted by Crippen LogP contribution is -2.35. The number of hydrogen-bond acceptors (Lipinski definition) is 4. The molecule has 0 radical (unpaired) electrons. The zero-order valence-corrected chi connectivity index (χ0v) is 11.1. The van der Waals surface area contributed by atoms with Gasteiger partial charge in [-0.2, -0.15) is 5.26 Å². The smallest absolute Gasteiger partial charge is 0.311 e. The summed E-state index contributed by atoms with van der Waals surface area (Å²) in [6.07, 6.45) is 4.64. The van der Waals surface area contributed by atoms with Crippen LogP contribution in [-0.2, 0) is 4.79 Å². The fraction of sp³-hybridized carbons (Fsp3) is 0.462. The van der Waals surface area contributed by atoms with Gasteiger partial charge in [0.2, 0.25) is 0 Å². The van der Waals surface area contributed by atoms with Crippen LogP contribution < -0.4 is 5.32 Å². The number of rotatable bonds is 4. The Morgan fingerprint density at radius 1 is 1.58 bits per heavy atom. The van der Waals surface area contributed by atoms with Crippen LogP contribution >= 0.6 is 11.6 Å². The van der Waals surface area contributed by atoms with Crippen molar-refractivity contribution in [3.8, 4) is 6.07 Å². The molecule has 2 rings (SSSR count). The second-order valence-electron chi connectivity index (χ2n) is 4.78. The summed E-state index contributed by atoms with van der Waals surface area (Å²) in [6.45, 7) is 0.282. The number of carboxylic acids is 1. The monoisotopic (exact) mass is 279 g/mol. The molecule has 5 nitrogen and oxygen atoms in total. The number of halogens is 1. The van der Waals surface area contributed by atoms with E-state index >= 15 is 0 Å². The van der Waals surface area contributed by atoms with E-state index in [2.05, 4.69) is 10.3 Å². The Bertz CT molecular complexity index is 533.